The Morgan fingerprint density at radius 3 is 2.30 bits per heavy atom. The molecule has 3 aromatic carbocycles. The average Bonchev–Trinajstić information content (AvgIpc) is 3.25. The van der Waals surface area contributed by atoms with Crippen molar-refractivity contribution in [1.82, 2.24) is 9.78 Å². The highest BCUT2D eigenvalue weighted by atomic mass is 35.5. The van der Waals surface area contributed by atoms with E-state index in [-0.39, 0.29) is 23.4 Å². The van der Waals surface area contributed by atoms with E-state index in [0.29, 0.717) is 34.0 Å². The first-order valence-electron chi connectivity index (χ1n) is 12.3. The number of benzene rings is 3. The molecule has 12 heteroatoms. The number of hydrogen-bond acceptors (Lipinski definition) is 4. The lowest BCUT2D eigenvalue weighted by Crippen LogP contribution is -2.30. The summed E-state index contributed by atoms with van der Waals surface area (Å²) in [5.41, 5.74) is -2.62. The predicted molar refractivity (Wildman–Crippen MR) is 147 cm³/mol. The van der Waals surface area contributed by atoms with E-state index < -0.39 is 21.5 Å². The number of alkyl halides is 3. The van der Waals surface area contributed by atoms with Gasteiger partial charge in [0.1, 0.15) is 0 Å². The Morgan fingerprint density at radius 2 is 1.68 bits per heavy atom. The minimum absolute atomic E-state index is 0.00446. The summed E-state index contributed by atoms with van der Waals surface area (Å²) >= 11 is 6.36. The Kier molecular flexibility index (Phi) is 8.55. The molecular weight excluding hydrogens is 567 g/mol. The third-order valence-corrected chi connectivity index (χ3v) is 7.66. The first-order chi connectivity index (χ1) is 18.9. The third-order valence-electron chi connectivity index (χ3n) is 6.24. The molecule has 1 aromatic heterocycles. The number of carboxylic acids is 1. The largest absolute Gasteiger partial charge is 0.516 e. The van der Waals surface area contributed by atoms with Crippen molar-refractivity contribution in [2.45, 2.75) is 38.1 Å². The summed E-state index contributed by atoms with van der Waals surface area (Å²) in [6.45, 7) is 2.02. The smallest absolute Gasteiger partial charge is 0.476 e. The Bertz CT molecular complexity index is 1640. The van der Waals surface area contributed by atoms with Crippen LogP contribution in [0.5, 0.6) is 0 Å². The number of halogens is 4. The van der Waals surface area contributed by atoms with E-state index in [9.17, 15) is 31.5 Å². The van der Waals surface area contributed by atoms with Gasteiger partial charge in [0.15, 0.2) is 5.69 Å². The van der Waals surface area contributed by atoms with Crippen molar-refractivity contribution in [3.05, 3.63) is 100 Å². The van der Waals surface area contributed by atoms with Gasteiger partial charge in [0, 0.05) is 17.5 Å². The Balaban J connectivity index is 1.71. The van der Waals surface area contributed by atoms with E-state index in [1.165, 1.54) is 22.9 Å². The van der Waals surface area contributed by atoms with Gasteiger partial charge in [0.05, 0.1) is 22.1 Å². The SMILES string of the molecule is CCCCc1nn(-c2ccccc2Cl)c(C(=O)O)c1Cc1ccc(-c2ccccc2NS(=O)(=O)C(F)(F)F)cc1. The highest BCUT2D eigenvalue weighted by molar-refractivity contribution is 7.93. The van der Waals surface area contributed by atoms with Crippen molar-refractivity contribution in [1.29, 1.82) is 0 Å². The number of nitrogens with zero attached hydrogens (tertiary/aromatic N) is 2. The molecule has 0 atom stereocenters. The number of carbonyl (C=O) groups is 1. The van der Waals surface area contributed by atoms with Gasteiger partial charge in [-0.3, -0.25) is 4.72 Å². The summed E-state index contributed by atoms with van der Waals surface area (Å²) in [7, 11) is -5.60. The van der Waals surface area contributed by atoms with Gasteiger partial charge >= 0.3 is 21.5 Å². The third kappa shape index (κ3) is 6.15. The molecule has 40 heavy (non-hydrogen) atoms. The van der Waals surface area contributed by atoms with E-state index in [2.05, 4.69) is 5.10 Å². The number of carboxylic acid groups (broad SMARTS) is 1. The molecule has 0 radical (unpaired) electrons. The minimum Gasteiger partial charge on any atom is -0.476 e. The number of unbranched alkanes of at least 4 members (excludes halogenated alkanes) is 1. The van der Waals surface area contributed by atoms with Crippen LogP contribution in [0.15, 0.2) is 72.8 Å². The first-order valence-corrected chi connectivity index (χ1v) is 14.2. The van der Waals surface area contributed by atoms with E-state index >= 15 is 0 Å². The number of para-hydroxylation sites is 2. The summed E-state index contributed by atoms with van der Waals surface area (Å²) in [4.78, 5) is 12.4. The molecular formula is C28H25ClF3N3O4S. The lowest BCUT2D eigenvalue weighted by atomic mass is 9.97. The fraction of sp³-hybridized carbons (Fsp3) is 0.214. The monoisotopic (exact) mass is 591 g/mol. The Hall–Kier alpha value is -3.83. The van der Waals surface area contributed by atoms with Crippen LogP contribution in [-0.2, 0) is 22.9 Å². The highest BCUT2D eigenvalue weighted by Crippen LogP contribution is 2.33. The lowest BCUT2D eigenvalue weighted by molar-refractivity contribution is -0.0429. The maximum Gasteiger partial charge on any atom is 0.516 e. The molecule has 0 aliphatic rings. The van der Waals surface area contributed by atoms with Crippen molar-refractivity contribution in [2.24, 2.45) is 0 Å². The summed E-state index contributed by atoms with van der Waals surface area (Å²) in [6, 6.07) is 19.3. The zero-order valence-electron chi connectivity index (χ0n) is 21.2. The molecule has 4 rings (SSSR count). The molecule has 0 aliphatic carbocycles. The van der Waals surface area contributed by atoms with Gasteiger partial charge in [0.25, 0.3) is 0 Å². The molecule has 210 valence electrons. The maximum atomic E-state index is 12.9. The van der Waals surface area contributed by atoms with Crippen LogP contribution in [0.2, 0.25) is 5.02 Å². The molecule has 0 spiro atoms. The summed E-state index contributed by atoms with van der Waals surface area (Å²) in [6.07, 6.45) is 2.48. The van der Waals surface area contributed by atoms with Crippen molar-refractivity contribution in [2.75, 3.05) is 4.72 Å². The fourth-order valence-corrected chi connectivity index (χ4v) is 5.08. The number of aromatic carboxylic acids is 1. The first kappa shape index (κ1) is 29.2. The predicted octanol–water partition coefficient (Wildman–Crippen LogP) is 7.09. The van der Waals surface area contributed by atoms with Gasteiger partial charge in [-0.05, 0) is 42.2 Å². The second-order valence-corrected chi connectivity index (χ2v) is 11.1. The van der Waals surface area contributed by atoms with Crippen LogP contribution in [0.1, 0.15) is 47.1 Å². The number of aryl methyl sites for hydroxylation is 1. The summed E-state index contributed by atoms with van der Waals surface area (Å²) in [5, 5.41) is 15.1. The molecule has 7 nitrogen and oxygen atoms in total. The summed E-state index contributed by atoms with van der Waals surface area (Å²) in [5.74, 6) is -1.16. The molecule has 0 saturated heterocycles. The van der Waals surface area contributed by atoms with E-state index in [4.69, 9.17) is 11.6 Å². The normalized spacial score (nSPS) is 11.9. The molecule has 0 saturated carbocycles. The van der Waals surface area contributed by atoms with Gasteiger partial charge in [0.2, 0.25) is 0 Å². The molecule has 4 aromatic rings. The van der Waals surface area contributed by atoms with E-state index in [1.807, 2.05) is 6.92 Å². The van der Waals surface area contributed by atoms with Crippen LogP contribution in [-0.4, -0.2) is 34.8 Å². The second-order valence-electron chi connectivity index (χ2n) is 9.02. The zero-order chi connectivity index (χ0) is 29.1. The van der Waals surface area contributed by atoms with Crippen LogP contribution in [0.25, 0.3) is 16.8 Å². The maximum absolute atomic E-state index is 12.9. The molecule has 2 N–H and O–H groups in total. The lowest BCUT2D eigenvalue weighted by Gasteiger charge is -2.14. The van der Waals surface area contributed by atoms with Crippen molar-refractivity contribution < 1.29 is 31.5 Å². The van der Waals surface area contributed by atoms with Crippen LogP contribution < -0.4 is 4.72 Å². The average molecular weight is 592 g/mol. The number of nitrogens with one attached hydrogen (secondary N) is 1. The van der Waals surface area contributed by atoms with Gasteiger partial charge in [-0.1, -0.05) is 79.5 Å². The molecule has 0 amide bonds. The van der Waals surface area contributed by atoms with Crippen molar-refractivity contribution >= 4 is 33.3 Å². The number of hydrogen-bond donors (Lipinski definition) is 2. The number of rotatable bonds is 10. The fourth-order valence-electron chi connectivity index (χ4n) is 4.28. The quantitative estimate of drug-likeness (QED) is 0.205. The summed E-state index contributed by atoms with van der Waals surface area (Å²) < 4.78 is 65.1. The topological polar surface area (TPSA) is 101 Å². The van der Waals surface area contributed by atoms with Gasteiger partial charge in [-0.15, -0.1) is 0 Å². The molecule has 1 heterocycles. The van der Waals surface area contributed by atoms with Crippen LogP contribution in [0, 0.1) is 0 Å². The van der Waals surface area contributed by atoms with Crippen LogP contribution in [0.3, 0.4) is 0 Å². The van der Waals surface area contributed by atoms with Gasteiger partial charge in [-0.2, -0.15) is 26.7 Å². The number of anilines is 1. The molecule has 0 aliphatic heterocycles. The van der Waals surface area contributed by atoms with Crippen molar-refractivity contribution in [3.63, 3.8) is 0 Å². The second kappa shape index (κ2) is 11.7. The van der Waals surface area contributed by atoms with Crippen LogP contribution >= 0.6 is 11.6 Å². The highest BCUT2D eigenvalue weighted by Gasteiger charge is 2.46. The molecule has 0 bridgehead atoms. The minimum atomic E-state index is -5.60. The zero-order valence-corrected chi connectivity index (χ0v) is 22.8. The van der Waals surface area contributed by atoms with E-state index in [0.717, 1.165) is 18.4 Å². The molecule has 0 fully saturated rings. The number of sulfonamides is 1. The number of aromatic nitrogens is 2. The Labute approximate surface area is 234 Å². The molecule has 0 unspecified atom stereocenters. The van der Waals surface area contributed by atoms with Gasteiger partial charge in [-0.25, -0.2) is 9.48 Å². The van der Waals surface area contributed by atoms with Gasteiger partial charge < -0.3 is 5.11 Å². The van der Waals surface area contributed by atoms with Crippen LogP contribution in [0.4, 0.5) is 18.9 Å². The van der Waals surface area contributed by atoms with E-state index in [1.54, 1.807) is 59.3 Å². The Morgan fingerprint density at radius 1 is 1.02 bits per heavy atom. The van der Waals surface area contributed by atoms with Crippen molar-refractivity contribution in [3.8, 4) is 16.8 Å². The standard InChI is InChI=1S/C28H25ClF3N3O4S/c1-2-3-10-23-21(26(27(36)37)35(33-23)25-12-7-5-9-22(25)29)17-18-13-15-19(16-14-18)20-8-4-6-11-24(20)34-40(38,39)28(30,31)32/h4-9,11-16,34H,2-3,10,17H2,1H3,(H,36,37).